The van der Waals surface area contributed by atoms with Gasteiger partial charge in [-0.15, -0.1) is 5.10 Å². The number of aromatic nitrogens is 5. The highest BCUT2D eigenvalue weighted by Crippen LogP contribution is 2.33. The molecule has 1 amide bonds. The third-order valence-corrected chi connectivity index (χ3v) is 7.43. The van der Waals surface area contributed by atoms with Gasteiger partial charge in [-0.2, -0.15) is 5.10 Å². The number of benzene rings is 1. The summed E-state index contributed by atoms with van der Waals surface area (Å²) in [5, 5.41) is 9.40. The van der Waals surface area contributed by atoms with Crippen molar-refractivity contribution in [3.8, 4) is 16.9 Å². The number of aryl methyl sites for hydroxylation is 1. The number of carbonyl (C=O) groups excluding carboxylic acids is 2. The first kappa shape index (κ1) is 26.6. The fourth-order valence-corrected chi connectivity index (χ4v) is 5.24. The minimum absolute atomic E-state index is 0.0266. The lowest BCUT2D eigenvalue weighted by Gasteiger charge is -2.32. The maximum Gasteiger partial charge on any atom is 0.343 e. The molecule has 0 radical (unpaired) electrons. The van der Waals surface area contributed by atoms with Gasteiger partial charge in [0.15, 0.2) is 11.5 Å². The Morgan fingerprint density at radius 3 is 2.46 bits per heavy atom. The predicted octanol–water partition coefficient (Wildman–Crippen LogP) is 5.63. The summed E-state index contributed by atoms with van der Waals surface area (Å²) in [5.74, 6) is 0.460. The van der Waals surface area contributed by atoms with Crippen molar-refractivity contribution in [2.75, 3.05) is 11.5 Å². The second-order valence-electron chi connectivity index (χ2n) is 10.7. The highest BCUT2D eigenvalue weighted by molar-refractivity contribution is 6.02. The van der Waals surface area contributed by atoms with Crippen molar-refractivity contribution in [1.29, 1.82) is 0 Å². The van der Waals surface area contributed by atoms with Crippen LogP contribution in [-0.4, -0.2) is 48.9 Å². The van der Waals surface area contributed by atoms with Crippen LogP contribution in [0.3, 0.4) is 0 Å². The topological polar surface area (TPSA) is 94.6 Å². The molecule has 9 nitrogen and oxygen atoms in total. The van der Waals surface area contributed by atoms with Gasteiger partial charge in [0.1, 0.15) is 5.56 Å². The Hall–Kier alpha value is -4.01. The van der Waals surface area contributed by atoms with Crippen LogP contribution < -0.4 is 4.90 Å². The van der Waals surface area contributed by atoms with Crippen LogP contribution in [0.4, 0.5) is 5.82 Å². The number of esters is 1. The first-order valence-electron chi connectivity index (χ1n) is 13.8. The van der Waals surface area contributed by atoms with E-state index in [2.05, 4.69) is 17.0 Å². The van der Waals surface area contributed by atoms with E-state index in [0.717, 1.165) is 54.0 Å². The second kappa shape index (κ2) is 11.0. The van der Waals surface area contributed by atoms with E-state index >= 15 is 0 Å². The fourth-order valence-electron chi connectivity index (χ4n) is 5.24. The molecule has 0 N–H and O–H groups in total. The molecular formula is C30H36N6O3. The van der Waals surface area contributed by atoms with E-state index in [-0.39, 0.29) is 30.0 Å². The van der Waals surface area contributed by atoms with E-state index in [1.54, 1.807) is 27.2 Å². The standard InChI is InChI=1S/C30H36N6O3/c1-6-39-30(38)25-18-35(33-28(25)36(19(2)3)29(37)23-9-7-20(4)8-10-23)24-13-11-22(12-14-24)26-17-27-31-21(5)15-16-34(27)32-26/h11-20,23H,6-10H2,1-5H3/t20-,23-. The maximum atomic E-state index is 13.7. The van der Waals surface area contributed by atoms with E-state index in [9.17, 15) is 9.59 Å². The number of hydrogen-bond acceptors (Lipinski definition) is 6. The van der Waals surface area contributed by atoms with Crippen molar-refractivity contribution in [3.05, 3.63) is 60.0 Å². The highest BCUT2D eigenvalue weighted by Gasteiger charge is 2.34. The van der Waals surface area contributed by atoms with Gasteiger partial charge in [0, 0.05) is 41.7 Å². The molecule has 1 aromatic carbocycles. The van der Waals surface area contributed by atoms with Gasteiger partial charge in [0.25, 0.3) is 0 Å². The molecule has 0 saturated heterocycles. The number of nitrogens with zero attached hydrogens (tertiary/aromatic N) is 6. The molecular weight excluding hydrogens is 492 g/mol. The molecule has 0 bridgehead atoms. The zero-order valence-electron chi connectivity index (χ0n) is 23.3. The summed E-state index contributed by atoms with van der Waals surface area (Å²) < 4.78 is 8.75. The van der Waals surface area contributed by atoms with Gasteiger partial charge in [0.2, 0.25) is 5.91 Å². The molecule has 0 spiro atoms. The molecule has 9 heteroatoms. The number of fused-ring (bicyclic) bond motifs is 1. The maximum absolute atomic E-state index is 13.7. The Kier molecular flexibility index (Phi) is 7.50. The first-order chi connectivity index (χ1) is 18.7. The first-order valence-corrected chi connectivity index (χ1v) is 13.8. The quantitative estimate of drug-likeness (QED) is 0.288. The Morgan fingerprint density at radius 2 is 1.79 bits per heavy atom. The summed E-state index contributed by atoms with van der Waals surface area (Å²) in [5.41, 5.74) is 4.51. The van der Waals surface area contributed by atoms with E-state index in [0.29, 0.717) is 11.7 Å². The Balaban J connectivity index is 1.48. The van der Waals surface area contributed by atoms with Crippen LogP contribution in [-0.2, 0) is 9.53 Å². The summed E-state index contributed by atoms with van der Waals surface area (Å²) >= 11 is 0. The number of carbonyl (C=O) groups is 2. The normalized spacial score (nSPS) is 17.5. The molecule has 1 aliphatic carbocycles. The zero-order chi connectivity index (χ0) is 27.7. The number of hydrogen-bond donors (Lipinski definition) is 0. The minimum atomic E-state index is -0.487. The largest absolute Gasteiger partial charge is 0.462 e. The molecule has 5 rings (SSSR count). The Morgan fingerprint density at radius 1 is 1.08 bits per heavy atom. The van der Waals surface area contributed by atoms with Crippen molar-refractivity contribution in [1.82, 2.24) is 24.4 Å². The van der Waals surface area contributed by atoms with Gasteiger partial charge in [-0.1, -0.05) is 19.1 Å². The Labute approximate surface area is 228 Å². The van der Waals surface area contributed by atoms with Gasteiger partial charge >= 0.3 is 5.97 Å². The van der Waals surface area contributed by atoms with Crippen molar-refractivity contribution >= 4 is 23.3 Å². The molecule has 0 unspecified atom stereocenters. The van der Waals surface area contributed by atoms with Gasteiger partial charge in [0.05, 0.1) is 18.0 Å². The van der Waals surface area contributed by atoms with E-state index < -0.39 is 5.97 Å². The summed E-state index contributed by atoms with van der Waals surface area (Å²) in [6.45, 7) is 10.1. The summed E-state index contributed by atoms with van der Waals surface area (Å²) in [7, 11) is 0. The number of ether oxygens (including phenoxy) is 1. The lowest BCUT2D eigenvalue weighted by atomic mass is 9.82. The third-order valence-electron chi connectivity index (χ3n) is 7.43. The third kappa shape index (κ3) is 5.44. The van der Waals surface area contributed by atoms with Crippen LogP contribution in [0.15, 0.2) is 48.8 Å². The predicted molar refractivity (Wildman–Crippen MR) is 150 cm³/mol. The van der Waals surface area contributed by atoms with Crippen molar-refractivity contribution < 1.29 is 14.3 Å². The molecule has 1 fully saturated rings. The average molecular weight is 529 g/mol. The van der Waals surface area contributed by atoms with Crippen molar-refractivity contribution in [3.63, 3.8) is 0 Å². The molecule has 3 heterocycles. The van der Waals surface area contributed by atoms with Crippen molar-refractivity contribution in [2.45, 2.75) is 66.3 Å². The van der Waals surface area contributed by atoms with E-state index in [4.69, 9.17) is 9.84 Å². The van der Waals surface area contributed by atoms with Crippen LogP contribution >= 0.6 is 0 Å². The van der Waals surface area contributed by atoms with Gasteiger partial charge < -0.3 is 4.74 Å². The van der Waals surface area contributed by atoms with Crippen LogP contribution in [0.25, 0.3) is 22.6 Å². The van der Waals surface area contributed by atoms with Crippen LogP contribution in [0.5, 0.6) is 0 Å². The molecule has 1 saturated carbocycles. The Bertz CT molecular complexity index is 1480. The SMILES string of the molecule is CCOC(=O)c1cn(-c2ccc(-c3cc4nc(C)ccn4n3)cc2)nc1N(C(=O)[C@H]1CC[C@H](C)CC1)C(C)C. The number of rotatable bonds is 7. The van der Waals surface area contributed by atoms with E-state index in [1.165, 1.54) is 0 Å². The van der Waals surface area contributed by atoms with Crippen LogP contribution in [0.2, 0.25) is 0 Å². The average Bonchev–Trinajstić information content (AvgIpc) is 3.54. The van der Waals surface area contributed by atoms with Crippen molar-refractivity contribution in [2.24, 2.45) is 11.8 Å². The smallest absolute Gasteiger partial charge is 0.343 e. The second-order valence-corrected chi connectivity index (χ2v) is 10.7. The molecule has 0 aliphatic heterocycles. The molecule has 0 atom stereocenters. The molecule has 204 valence electrons. The monoisotopic (exact) mass is 528 g/mol. The van der Waals surface area contributed by atoms with E-state index in [1.807, 2.05) is 63.4 Å². The molecule has 4 aromatic rings. The lowest BCUT2D eigenvalue weighted by Crippen LogP contribution is -2.43. The highest BCUT2D eigenvalue weighted by atomic mass is 16.5. The van der Waals surface area contributed by atoms with Gasteiger partial charge in [-0.25, -0.2) is 19.0 Å². The van der Waals surface area contributed by atoms with Crippen LogP contribution in [0, 0.1) is 18.8 Å². The molecule has 3 aromatic heterocycles. The number of anilines is 1. The van der Waals surface area contributed by atoms with Gasteiger partial charge in [-0.05, 0) is 77.5 Å². The van der Waals surface area contributed by atoms with Crippen LogP contribution in [0.1, 0.15) is 69.4 Å². The number of amides is 1. The molecule has 1 aliphatic rings. The van der Waals surface area contributed by atoms with Gasteiger partial charge in [-0.3, -0.25) is 9.69 Å². The summed E-state index contributed by atoms with van der Waals surface area (Å²) in [6.07, 6.45) is 7.35. The lowest BCUT2D eigenvalue weighted by molar-refractivity contribution is -0.124. The zero-order valence-corrected chi connectivity index (χ0v) is 23.3. The summed E-state index contributed by atoms with van der Waals surface area (Å²) in [4.78, 5) is 32.9. The fraction of sp³-hybridized carbons (Fsp3) is 0.433. The summed E-state index contributed by atoms with van der Waals surface area (Å²) in [6, 6.07) is 11.5. The molecule has 39 heavy (non-hydrogen) atoms. The minimum Gasteiger partial charge on any atom is -0.462 e.